The fraction of sp³-hybridized carbons (Fsp3) is 0.571. The second kappa shape index (κ2) is 4.69. The smallest absolute Gasteiger partial charge is 0.122 e. The highest BCUT2D eigenvalue weighted by Gasteiger charge is 2.09. The molecule has 0 aromatic heterocycles. The molecule has 1 aromatic carbocycles. The maximum absolute atomic E-state index is 5.76. The van der Waals surface area contributed by atoms with Crippen LogP contribution in [-0.2, 0) is 0 Å². The topological polar surface area (TPSA) is 9.23 Å². The van der Waals surface area contributed by atoms with E-state index in [9.17, 15) is 0 Å². The van der Waals surface area contributed by atoms with E-state index in [0.717, 1.165) is 5.75 Å². The van der Waals surface area contributed by atoms with Gasteiger partial charge in [-0.1, -0.05) is 19.9 Å². The van der Waals surface area contributed by atoms with Gasteiger partial charge in [-0.25, -0.2) is 0 Å². The molecule has 15 heavy (non-hydrogen) atoms. The molecular formula is C14H22O. The fourth-order valence-electron chi connectivity index (χ4n) is 1.81. The maximum Gasteiger partial charge on any atom is 0.122 e. The van der Waals surface area contributed by atoms with E-state index in [1.54, 1.807) is 0 Å². The van der Waals surface area contributed by atoms with Crippen LogP contribution in [0.4, 0.5) is 0 Å². The molecule has 0 heterocycles. The van der Waals surface area contributed by atoms with Crippen LogP contribution in [0.1, 0.15) is 50.3 Å². The SMILES string of the molecule is Cc1cc(C(C)C)c(C)cc1OC(C)C. The number of aryl methyl sites for hydroxylation is 2. The third-order valence-corrected chi connectivity index (χ3v) is 2.55. The van der Waals surface area contributed by atoms with Gasteiger partial charge in [0.15, 0.2) is 0 Å². The van der Waals surface area contributed by atoms with E-state index >= 15 is 0 Å². The van der Waals surface area contributed by atoms with Crippen molar-refractivity contribution in [3.8, 4) is 5.75 Å². The Morgan fingerprint density at radius 2 is 1.53 bits per heavy atom. The number of ether oxygens (including phenoxy) is 1. The molecule has 0 spiro atoms. The van der Waals surface area contributed by atoms with Crippen LogP contribution in [0.3, 0.4) is 0 Å². The zero-order valence-electron chi connectivity index (χ0n) is 10.7. The van der Waals surface area contributed by atoms with Crippen LogP contribution in [-0.4, -0.2) is 6.10 Å². The van der Waals surface area contributed by atoms with Crippen LogP contribution >= 0.6 is 0 Å². The molecule has 84 valence electrons. The first-order valence-corrected chi connectivity index (χ1v) is 5.69. The van der Waals surface area contributed by atoms with Gasteiger partial charge in [-0.2, -0.15) is 0 Å². The summed E-state index contributed by atoms with van der Waals surface area (Å²) in [5.74, 6) is 1.60. The standard InChI is InChI=1S/C14H22O/c1-9(2)13-7-12(6)14(8-11(13)5)15-10(3)4/h7-10H,1-6H3. The molecule has 0 aliphatic carbocycles. The van der Waals surface area contributed by atoms with Gasteiger partial charge < -0.3 is 4.74 Å². The lowest BCUT2D eigenvalue weighted by Crippen LogP contribution is -2.07. The second-order valence-corrected chi connectivity index (χ2v) is 4.80. The molecular weight excluding hydrogens is 184 g/mol. The predicted molar refractivity (Wildman–Crippen MR) is 65.8 cm³/mol. The Labute approximate surface area is 93.5 Å². The van der Waals surface area contributed by atoms with Crippen LogP contribution in [0.2, 0.25) is 0 Å². The predicted octanol–water partition coefficient (Wildman–Crippen LogP) is 4.21. The second-order valence-electron chi connectivity index (χ2n) is 4.80. The van der Waals surface area contributed by atoms with Gasteiger partial charge in [0, 0.05) is 0 Å². The molecule has 0 saturated heterocycles. The average molecular weight is 206 g/mol. The largest absolute Gasteiger partial charge is 0.491 e. The lowest BCUT2D eigenvalue weighted by Gasteiger charge is -2.17. The average Bonchev–Trinajstić information content (AvgIpc) is 2.09. The highest BCUT2D eigenvalue weighted by Crippen LogP contribution is 2.27. The van der Waals surface area contributed by atoms with Crippen molar-refractivity contribution >= 4 is 0 Å². The van der Waals surface area contributed by atoms with Crippen LogP contribution in [0.5, 0.6) is 5.75 Å². The Morgan fingerprint density at radius 3 is 2.00 bits per heavy atom. The Hall–Kier alpha value is -0.980. The molecule has 1 aromatic rings. The summed E-state index contributed by atoms with van der Waals surface area (Å²) in [5, 5.41) is 0. The first-order valence-electron chi connectivity index (χ1n) is 5.69. The molecule has 0 fully saturated rings. The minimum absolute atomic E-state index is 0.244. The van der Waals surface area contributed by atoms with E-state index in [-0.39, 0.29) is 6.10 Å². The molecule has 0 N–H and O–H groups in total. The van der Waals surface area contributed by atoms with Crippen LogP contribution < -0.4 is 4.74 Å². The quantitative estimate of drug-likeness (QED) is 0.719. The molecule has 0 amide bonds. The number of rotatable bonds is 3. The Balaban J connectivity index is 3.08. The minimum Gasteiger partial charge on any atom is -0.491 e. The molecule has 0 radical (unpaired) electrons. The van der Waals surface area contributed by atoms with Gasteiger partial charge >= 0.3 is 0 Å². The Kier molecular flexibility index (Phi) is 3.78. The van der Waals surface area contributed by atoms with Crippen LogP contribution in [0, 0.1) is 13.8 Å². The van der Waals surface area contributed by atoms with Gasteiger partial charge in [-0.3, -0.25) is 0 Å². The van der Waals surface area contributed by atoms with E-state index in [0.29, 0.717) is 5.92 Å². The maximum atomic E-state index is 5.76. The minimum atomic E-state index is 0.244. The first kappa shape index (κ1) is 12.1. The summed E-state index contributed by atoms with van der Waals surface area (Å²) in [6, 6.07) is 4.41. The monoisotopic (exact) mass is 206 g/mol. The van der Waals surface area contributed by atoms with E-state index in [1.807, 2.05) is 0 Å². The van der Waals surface area contributed by atoms with Gasteiger partial charge in [-0.05, 0) is 56.4 Å². The Bertz CT molecular complexity index is 337. The number of hydrogen-bond acceptors (Lipinski definition) is 1. The summed E-state index contributed by atoms with van der Waals surface area (Å²) in [6.45, 7) is 12.8. The van der Waals surface area contributed by atoms with Gasteiger partial charge in [0.2, 0.25) is 0 Å². The van der Waals surface area contributed by atoms with Crippen molar-refractivity contribution in [2.45, 2.75) is 53.6 Å². The van der Waals surface area contributed by atoms with Crippen molar-refractivity contribution in [1.82, 2.24) is 0 Å². The summed E-state index contributed by atoms with van der Waals surface area (Å²) in [5.41, 5.74) is 3.98. The lowest BCUT2D eigenvalue weighted by atomic mass is 9.95. The highest BCUT2D eigenvalue weighted by molar-refractivity contribution is 5.42. The molecule has 0 aliphatic rings. The summed E-state index contributed by atoms with van der Waals surface area (Å²) < 4.78 is 5.76. The van der Waals surface area contributed by atoms with Crippen molar-refractivity contribution in [1.29, 1.82) is 0 Å². The van der Waals surface area contributed by atoms with E-state index in [1.165, 1.54) is 16.7 Å². The van der Waals surface area contributed by atoms with E-state index in [4.69, 9.17) is 4.74 Å². The Morgan fingerprint density at radius 1 is 0.933 bits per heavy atom. The zero-order chi connectivity index (χ0) is 11.6. The van der Waals surface area contributed by atoms with Crippen LogP contribution in [0.15, 0.2) is 12.1 Å². The molecule has 1 heteroatoms. The summed E-state index contributed by atoms with van der Waals surface area (Å²) >= 11 is 0. The summed E-state index contributed by atoms with van der Waals surface area (Å²) in [7, 11) is 0. The summed E-state index contributed by atoms with van der Waals surface area (Å²) in [6.07, 6.45) is 0.244. The van der Waals surface area contributed by atoms with Crippen LogP contribution in [0.25, 0.3) is 0 Å². The molecule has 0 aliphatic heterocycles. The highest BCUT2D eigenvalue weighted by atomic mass is 16.5. The lowest BCUT2D eigenvalue weighted by molar-refractivity contribution is 0.240. The van der Waals surface area contributed by atoms with Gasteiger partial charge in [0.25, 0.3) is 0 Å². The van der Waals surface area contributed by atoms with Crippen molar-refractivity contribution in [3.05, 3.63) is 28.8 Å². The van der Waals surface area contributed by atoms with E-state index < -0.39 is 0 Å². The molecule has 1 nitrogen and oxygen atoms in total. The molecule has 0 saturated carbocycles. The fourth-order valence-corrected chi connectivity index (χ4v) is 1.81. The first-order chi connectivity index (χ1) is 6.91. The van der Waals surface area contributed by atoms with Crippen molar-refractivity contribution in [2.75, 3.05) is 0 Å². The van der Waals surface area contributed by atoms with Gasteiger partial charge in [-0.15, -0.1) is 0 Å². The molecule has 0 atom stereocenters. The molecule has 1 rings (SSSR count). The third-order valence-electron chi connectivity index (χ3n) is 2.55. The number of benzene rings is 1. The van der Waals surface area contributed by atoms with Crippen molar-refractivity contribution in [2.24, 2.45) is 0 Å². The summed E-state index contributed by atoms with van der Waals surface area (Å²) in [4.78, 5) is 0. The van der Waals surface area contributed by atoms with Crippen molar-refractivity contribution < 1.29 is 4.74 Å². The normalized spacial score (nSPS) is 11.2. The van der Waals surface area contributed by atoms with Gasteiger partial charge in [0.1, 0.15) is 5.75 Å². The molecule has 0 unspecified atom stereocenters. The van der Waals surface area contributed by atoms with Gasteiger partial charge in [0.05, 0.1) is 6.10 Å². The zero-order valence-corrected chi connectivity index (χ0v) is 10.7. The van der Waals surface area contributed by atoms with E-state index in [2.05, 4.69) is 53.7 Å². The number of hydrogen-bond donors (Lipinski definition) is 0. The van der Waals surface area contributed by atoms with Crippen molar-refractivity contribution in [3.63, 3.8) is 0 Å². The molecule has 0 bridgehead atoms. The third kappa shape index (κ3) is 2.98.